The van der Waals surface area contributed by atoms with Crippen LogP contribution >= 0.6 is 15.9 Å². The highest BCUT2D eigenvalue weighted by molar-refractivity contribution is 9.10. The Hall–Kier alpha value is -0.140. The summed E-state index contributed by atoms with van der Waals surface area (Å²) in [5, 5.41) is 3.07. The Balaban J connectivity index is 2.35. The third-order valence-corrected chi connectivity index (χ3v) is 5.02. The van der Waals surface area contributed by atoms with Crippen molar-refractivity contribution in [3.05, 3.63) is 0 Å². The predicted octanol–water partition coefficient (Wildman–Crippen LogP) is 0.0897. The number of rotatable bonds is 4. The smallest absolute Gasteiger partial charge is 0.320 e. The van der Waals surface area contributed by atoms with Gasteiger partial charge in [-0.05, 0) is 12.8 Å². The largest absolute Gasteiger partial charge is 0.468 e. The second-order valence-electron chi connectivity index (χ2n) is 3.85. The maximum Gasteiger partial charge on any atom is 0.320 e. The molecule has 0 radical (unpaired) electrons. The molecule has 1 aliphatic heterocycles. The third kappa shape index (κ3) is 4.39. The highest BCUT2D eigenvalue weighted by Gasteiger charge is 2.25. The Bertz CT molecular complexity index is 343. The molecule has 0 bridgehead atoms. The van der Waals surface area contributed by atoms with Gasteiger partial charge in [0.1, 0.15) is 4.83 Å². The van der Waals surface area contributed by atoms with Crippen LogP contribution in [0.3, 0.4) is 0 Å². The van der Waals surface area contributed by atoms with Crippen molar-refractivity contribution in [1.82, 2.24) is 5.32 Å². The molecule has 1 rings (SSSR count). The Labute approximate surface area is 104 Å². The van der Waals surface area contributed by atoms with Gasteiger partial charge in [-0.3, -0.25) is 4.79 Å². The molecule has 2 atom stereocenters. The van der Waals surface area contributed by atoms with Crippen LogP contribution in [0, 0.1) is 0 Å². The van der Waals surface area contributed by atoms with E-state index < -0.39 is 14.7 Å². The van der Waals surface area contributed by atoms with E-state index in [4.69, 9.17) is 0 Å². The molecule has 16 heavy (non-hydrogen) atoms. The quantitative estimate of drug-likeness (QED) is 0.588. The Morgan fingerprint density at radius 1 is 1.62 bits per heavy atom. The summed E-state index contributed by atoms with van der Waals surface area (Å²) in [4.78, 5) is 10.7. The number of sulfone groups is 1. The molecular weight excluding hydrogens is 298 g/mol. The lowest BCUT2D eigenvalue weighted by Crippen LogP contribution is -2.43. The lowest BCUT2D eigenvalue weighted by Gasteiger charge is -2.23. The molecule has 1 fully saturated rings. The Morgan fingerprint density at radius 3 is 2.88 bits per heavy atom. The molecule has 0 aromatic carbocycles. The summed E-state index contributed by atoms with van der Waals surface area (Å²) in [6, 6.07) is -0.0524. The molecule has 0 aromatic heterocycles. The van der Waals surface area contributed by atoms with Crippen molar-refractivity contribution in [3.8, 4) is 0 Å². The molecule has 0 spiro atoms. The van der Waals surface area contributed by atoms with Crippen LogP contribution in [0.2, 0.25) is 0 Å². The van der Waals surface area contributed by atoms with Crippen LogP contribution in [0.1, 0.15) is 12.8 Å². The fourth-order valence-corrected chi connectivity index (χ4v) is 3.71. The van der Waals surface area contributed by atoms with E-state index >= 15 is 0 Å². The first-order valence-electron chi connectivity index (χ1n) is 5.10. The second kappa shape index (κ2) is 5.97. The highest BCUT2D eigenvalue weighted by Crippen LogP contribution is 2.12. The first-order chi connectivity index (χ1) is 7.44. The number of carbonyl (C=O) groups is 1. The average molecular weight is 314 g/mol. The van der Waals surface area contributed by atoms with Crippen molar-refractivity contribution >= 4 is 31.7 Å². The first-order valence-corrected chi connectivity index (χ1v) is 7.84. The fraction of sp³-hybridized carbons (Fsp3) is 0.889. The van der Waals surface area contributed by atoms with Gasteiger partial charge in [0.25, 0.3) is 0 Å². The van der Waals surface area contributed by atoms with E-state index in [1.54, 1.807) is 0 Å². The average Bonchev–Trinajstić information content (AvgIpc) is 2.23. The number of esters is 1. The number of halogens is 1. The first kappa shape index (κ1) is 13.9. The maximum atomic E-state index is 11.4. The van der Waals surface area contributed by atoms with E-state index in [9.17, 15) is 13.2 Å². The zero-order chi connectivity index (χ0) is 12.2. The molecule has 1 saturated heterocycles. The topological polar surface area (TPSA) is 72.5 Å². The zero-order valence-electron chi connectivity index (χ0n) is 9.11. The van der Waals surface area contributed by atoms with Crippen LogP contribution in [0.15, 0.2) is 0 Å². The van der Waals surface area contributed by atoms with Gasteiger partial charge in [-0.1, -0.05) is 15.9 Å². The molecule has 7 heteroatoms. The van der Waals surface area contributed by atoms with Gasteiger partial charge in [-0.2, -0.15) is 0 Å². The van der Waals surface area contributed by atoms with Crippen molar-refractivity contribution < 1.29 is 17.9 Å². The van der Waals surface area contributed by atoms with Gasteiger partial charge in [0, 0.05) is 12.6 Å². The van der Waals surface area contributed by atoms with E-state index in [1.807, 2.05) is 0 Å². The number of hydrogen-bond donors (Lipinski definition) is 1. The van der Waals surface area contributed by atoms with E-state index in [2.05, 4.69) is 26.0 Å². The van der Waals surface area contributed by atoms with E-state index in [1.165, 1.54) is 7.11 Å². The minimum absolute atomic E-state index is 0.0524. The van der Waals surface area contributed by atoms with E-state index in [0.29, 0.717) is 13.0 Å². The van der Waals surface area contributed by atoms with Gasteiger partial charge in [0.15, 0.2) is 9.84 Å². The molecule has 0 amide bonds. The zero-order valence-corrected chi connectivity index (χ0v) is 11.5. The minimum atomic E-state index is -2.90. The lowest BCUT2D eigenvalue weighted by molar-refractivity contribution is -0.139. The Kier molecular flexibility index (Phi) is 5.20. The lowest BCUT2D eigenvalue weighted by atomic mass is 10.2. The summed E-state index contributed by atoms with van der Waals surface area (Å²) in [6.45, 7) is 0.382. The molecule has 1 N–H and O–H groups in total. The monoisotopic (exact) mass is 313 g/mol. The summed E-state index contributed by atoms with van der Waals surface area (Å²) < 4.78 is 27.3. The van der Waals surface area contributed by atoms with Crippen molar-refractivity contribution in [2.75, 3.05) is 25.2 Å². The van der Waals surface area contributed by atoms with Gasteiger partial charge >= 0.3 is 5.97 Å². The van der Waals surface area contributed by atoms with Gasteiger partial charge in [-0.25, -0.2) is 8.42 Å². The molecule has 0 saturated carbocycles. The molecule has 94 valence electrons. The normalized spacial score (nSPS) is 26.0. The van der Waals surface area contributed by atoms with Gasteiger partial charge in [0.05, 0.1) is 18.6 Å². The summed E-state index contributed by atoms with van der Waals surface area (Å²) >= 11 is 3.17. The van der Waals surface area contributed by atoms with Gasteiger partial charge in [0.2, 0.25) is 0 Å². The second-order valence-corrected chi connectivity index (χ2v) is 7.19. The van der Waals surface area contributed by atoms with E-state index in [0.717, 1.165) is 6.42 Å². The van der Waals surface area contributed by atoms with Crippen LogP contribution in [0.25, 0.3) is 0 Å². The number of hydrogen-bond acceptors (Lipinski definition) is 5. The molecular formula is C9H16BrNO4S. The summed E-state index contributed by atoms with van der Waals surface area (Å²) in [6.07, 6.45) is 1.52. The number of ether oxygens (including phenoxy) is 1. The molecule has 1 heterocycles. The SMILES string of the molecule is COC(=O)C(Br)CNC1CCCS(=O)(=O)C1. The molecule has 0 aliphatic carbocycles. The van der Waals surface area contributed by atoms with Crippen molar-refractivity contribution in [1.29, 1.82) is 0 Å². The predicted molar refractivity (Wildman–Crippen MR) is 64.4 cm³/mol. The molecule has 0 aromatic rings. The van der Waals surface area contributed by atoms with Crippen LogP contribution in [-0.4, -0.2) is 50.4 Å². The number of nitrogens with one attached hydrogen (secondary N) is 1. The highest BCUT2D eigenvalue weighted by atomic mass is 79.9. The number of methoxy groups -OCH3 is 1. The Morgan fingerprint density at radius 2 is 2.31 bits per heavy atom. The van der Waals surface area contributed by atoms with Gasteiger partial charge < -0.3 is 10.1 Å². The van der Waals surface area contributed by atoms with Crippen LogP contribution in [0.4, 0.5) is 0 Å². The van der Waals surface area contributed by atoms with Crippen LogP contribution < -0.4 is 5.32 Å². The maximum absolute atomic E-state index is 11.4. The molecule has 5 nitrogen and oxygen atoms in total. The van der Waals surface area contributed by atoms with Crippen LogP contribution in [-0.2, 0) is 19.4 Å². The summed E-state index contributed by atoms with van der Waals surface area (Å²) in [5.41, 5.74) is 0. The fourth-order valence-electron chi connectivity index (χ4n) is 1.67. The van der Waals surface area contributed by atoms with Gasteiger partial charge in [-0.15, -0.1) is 0 Å². The third-order valence-electron chi connectivity index (χ3n) is 2.51. The van der Waals surface area contributed by atoms with Crippen molar-refractivity contribution in [2.24, 2.45) is 0 Å². The van der Waals surface area contributed by atoms with Crippen LogP contribution in [0.5, 0.6) is 0 Å². The van der Waals surface area contributed by atoms with Crippen molar-refractivity contribution in [3.63, 3.8) is 0 Å². The molecule has 1 aliphatic rings. The number of alkyl halides is 1. The minimum Gasteiger partial charge on any atom is -0.468 e. The number of carbonyl (C=O) groups excluding carboxylic acids is 1. The molecule has 2 unspecified atom stereocenters. The standard InChI is InChI=1S/C9H16BrNO4S/c1-15-9(12)8(10)5-11-7-3-2-4-16(13,14)6-7/h7-8,11H,2-6H2,1H3. The van der Waals surface area contributed by atoms with Crippen molar-refractivity contribution in [2.45, 2.75) is 23.7 Å². The summed E-state index contributed by atoms with van der Waals surface area (Å²) in [5.74, 6) is 0.0829. The summed E-state index contributed by atoms with van der Waals surface area (Å²) in [7, 11) is -1.58. The van der Waals surface area contributed by atoms with E-state index in [-0.39, 0.29) is 23.5 Å².